The lowest BCUT2D eigenvalue weighted by molar-refractivity contribution is -0.138. The van der Waals surface area contributed by atoms with Crippen LogP contribution in [0.15, 0.2) is 97.1 Å². The van der Waals surface area contributed by atoms with Crippen molar-refractivity contribution in [1.82, 2.24) is 10.2 Å². The fourth-order valence-electron chi connectivity index (χ4n) is 6.74. The van der Waals surface area contributed by atoms with Crippen molar-refractivity contribution < 1.29 is 45.4 Å². The molecule has 2 fully saturated rings. The summed E-state index contributed by atoms with van der Waals surface area (Å²) in [5, 5.41) is 11.8. The average Bonchev–Trinajstić information content (AvgIpc) is 3.25. The van der Waals surface area contributed by atoms with Crippen LogP contribution in [0, 0.1) is 29.1 Å². The minimum atomic E-state index is -4.34. The van der Waals surface area contributed by atoms with Gasteiger partial charge in [-0.2, -0.15) is 31.6 Å². The van der Waals surface area contributed by atoms with Crippen LogP contribution in [0.4, 0.5) is 26.3 Å². The normalized spacial score (nSPS) is 17.1. The number of nitrogens with zero attached hydrogens (tertiary/aromatic N) is 2. The summed E-state index contributed by atoms with van der Waals surface area (Å²) in [7, 11) is 0. The second-order valence-electron chi connectivity index (χ2n) is 16.0. The molecule has 2 aliphatic heterocycles. The van der Waals surface area contributed by atoms with Gasteiger partial charge >= 0.3 is 12.4 Å². The van der Waals surface area contributed by atoms with E-state index in [1.807, 2.05) is 20.8 Å². The van der Waals surface area contributed by atoms with Gasteiger partial charge in [0.1, 0.15) is 11.5 Å². The third-order valence-corrected chi connectivity index (χ3v) is 11.0. The highest BCUT2D eigenvalue weighted by Crippen LogP contribution is 2.32. The standard InChI is InChI=1S/C23H25ClF3NO2.C13H16F3NO.C10H10BrClO.C2H3N/c1-16(22(29)18-4-8-20(24)9-5-18)13-28-12-2-3-17(14-28)15-30-21-10-6-19(7-11-21)23(25,26)27;14-13(15,16)11-3-5-12(6-4-11)18-9-10-2-1-7-17-8-10;1-10(2,11)9(13)7-3-5-8(12)6-4-7;1-2-3/h4-11,16-17H,2-3,12-15H2,1H3;3-6,10,17H,1-2,7-9H2;3-6H,1-2H3;1H3. The number of piperidine rings is 2. The molecule has 0 spiro atoms. The van der Waals surface area contributed by atoms with Gasteiger partial charge < -0.3 is 19.7 Å². The lowest BCUT2D eigenvalue weighted by Crippen LogP contribution is -2.41. The zero-order valence-electron chi connectivity index (χ0n) is 36.2. The number of rotatable bonds is 12. The Hall–Kier alpha value is -4.13. The lowest BCUT2D eigenvalue weighted by atomic mass is 9.95. The minimum absolute atomic E-state index is 0.0594. The number of hydrogen-bond acceptors (Lipinski definition) is 7. The van der Waals surface area contributed by atoms with Crippen molar-refractivity contribution in [3.8, 4) is 17.6 Å². The molecule has 64 heavy (non-hydrogen) atoms. The van der Waals surface area contributed by atoms with Gasteiger partial charge in [-0.15, -0.1) is 0 Å². The molecule has 4 aromatic rings. The second-order valence-corrected chi connectivity index (χ2v) is 18.8. The fourth-order valence-corrected chi connectivity index (χ4v) is 7.22. The first-order valence-corrected chi connectivity index (χ1v) is 22.3. The van der Waals surface area contributed by atoms with Crippen LogP contribution >= 0.6 is 39.1 Å². The number of likely N-dealkylation sites (tertiary alicyclic amines) is 1. The molecule has 348 valence electrons. The number of halogens is 9. The van der Waals surface area contributed by atoms with Gasteiger partial charge in [0, 0.05) is 65.5 Å². The molecule has 4 aromatic carbocycles. The molecule has 2 heterocycles. The van der Waals surface area contributed by atoms with E-state index < -0.39 is 27.8 Å². The Bertz CT molecular complexity index is 2050. The Morgan fingerprint density at radius 2 is 1.20 bits per heavy atom. The molecule has 16 heteroatoms. The van der Waals surface area contributed by atoms with Gasteiger partial charge in [-0.05, 0) is 150 Å². The van der Waals surface area contributed by atoms with Crippen LogP contribution in [-0.2, 0) is 12.4 Å². The van der Waals surface area contributed by atoms with Gasteiger partial charge in [0.25, 0.3) is 0 Å². The first kappa shape index (κ1) is 54.2. The molecule has 0 aliphatic carbocycles. The van der Waals surface area contributed by atoms with Crippen LogP contribution in [0.2, 0.25) is 10.0 Å². The highest BCUT2D eigenvalue weighted by molar-refractivity contribution is 9.10. The van der Waals surface area contributed by atoms with E-state index in [9.17, 15) is 35.9 Å². The van der Waals surface area contributed by atoms with Gasteiger partial charge in [0.05, 0.1) is 34.7 Å². The van der Waals surface area contributed by atoms with Gasteiger partial charge in [0.15, 0.2) is 11.6 Å². The maximum Gasteiger partial charge on any atom is 0.416 e. The number of ketones is 2. The van der Waals surface area contributed by atoms with Crippen molar-refractivity contribution in [2.45, 2.75) is 70.1 Å². The highest BCUT2D eigenvalue weighted by Gasteiger charge is 2.31. The van der Waals surface area contributed by atoms with E-state index in [-0.39, 0.29) is 23.4 Å². The summed E-state index contributed by atoms with van der Waals surface area (Å²) in [5.74, 6) is 1.67. The fraction of sp³-hybridized carbons (Fsp3) is 0.438. The lowest BCUT2D eigenvalue weighted by Gasteiger charge is -2.34. The molecule has 2 saturated heterocycles. The number of alkyl halides is 7. The first-order chi connectivity index (χ1) is 30.1. The van der Waals surface area contributed by atoms with E-state index >= 15 is 0 Å². The summed E-state index contributed by atoms with van der Waals surface area (Å²) in [4.78, 5) is 26.6. The van der Waals surface area contributed by atoms with E-state index in [4.69, 9.17) is 37.9 Å². The zero-order valence-corrected chi connectivity index (χ0v) is 39.3. The third kappa shape index (κ3) is 19.5. The molecular formula is C48H54BrCl2F6N3O4. The predicted octanol–water partition coefficient (Wildman–Crippen LogP) is 13.3. The molecule has 3 atom stereocenters. The van der Waals surface area contributed by atoms with E-state index in [1.54, 1.807) is 54.6 Å². The highest BCUT2D eigenvalue weighted by atomic mass is 79.9. The molecule has 0 aromatic heterocycles. The van der Waals surface area contributed by atoms with Gasteiger partial charge in [-0.3, -0.25) is 9.59 Å². The smallest absolute Gasteiger partial charge is 0.416 e. The van der Waals surface area contributed by atoms with Gasteiger partial charge in [-0.1, -0.05) is 46.1 Å². The Balaban J connectivity index is 0.000000271. The quantitative estimate of drug-likeness (QED) is 0.0859. The summed E-state index contributed by atoms with van der Waals surface area (Å²) >= 11 is 14.9. The zero-order chi connectivity index (χ0) is 47.5. The summed E-state index contributed by atoms with van der Waals surface area (Å²) in [6.07, 6.45) is -4.40. The van der Waals surface area contributed by atoms with Crippen LogP contribution in [0.1, 0.15) is 85.2 Å². The Morgan fingerprint density at radius 1 is 0.766 bits per heavy atom. The number of ether oxygens (including phenoxy) is 2. The monoisotopic (exact) mass is 999 g/mol. The van der Waals surface area contributed by atoms with Crippen LogP contribution in [0.5, 0.6) is 11.5 Å². The van der Waals surface area contributed by atoms with E-state index in [1.165, 1.54) is 31.2 Å². The molecule has 0 bridgehead atoms. The van der Waals surface area contributed by atoms with Crippen LogP contribution < -0.4 is 14.8 Å². The number of nitriles is 1. The van der Waals surface area contributed by atoms with E-state index in [0.717, 1.165) is 76.1 Å². The topological polar surface area (TPSA) is 91.7 Å². The Labute approximate surface area is 390 Å². The number of carbonyl (C=O) groups is 2. The number of hydrogen-bond donors (Lipinski definition) is 1. The van der Waals surface area contributed by atoms with Crippen molar-refractivity contribution in [3.63, 3.8) is 0 Å². The number of carbonyl (C=O) groups excluding carboxylic acids is 2. The molecule has 3 unspecified atom stereocenters. The summed E-state index contributed by atoms with van der Waals surface area (Å²) in [5.41, 5.74) is 0.00425. The third-order valence-electron chi connectivity index (χ3n) is 10.1. The molecule has 0 saturated carbocycles. The average molecular weight is 1000 g/mol. The largest absolute Gasteiger partial charge is 0.493 e. The molecule has 2 aliphatic rings. The molecule has 6 rings (SSSR count). The van der Waals surface area contributed by atoms with Crippen molar-refractivity contribution in [3.05, 3.63) is 129 Å². The van der Waals surface area contributed by atoms with Crippen molar-refractivity contribution >= 4 is 50.7 Å². The summed E-state index contributed by atoms with van der Waals surface area (Å²) < 4.78 is 85.7. The first-order valence-electron chi connectivity index (χ1n) is 20.7. The van der Waals surface area contributed by atoms with E-state index in [0.29, 0.717) is 58.3 Å². The Morgan fingerprint density at radius 3 is 1.62 bits per heavy atom. The SMILES string of the molecule is CC#N.CC(C)(Br)C(=O)c1ccc(Cl)cc1.CC(CN1CCCC(COc2ccc(C(F)(F)F)cc2)C1)C(=O)c1ccc(Cl)cc1.FC(F)(F)c1ccc(OCC2CCCNC2)cc1. The van der Waals surface area contributed by atoms with Crippen LogP contribution in [-0.4, -0.2) is 66.7 Å². The van der Waals surface area contributed by atoms with Crippen LogP contribution in [0.25, 0.3) is 0 Å². The summed E-state index contributed by atoms with van der Waals surface area (Å²) in [6.45, 7) is 12.4. The molecule has 1 N–H and O–H groups in total. The van der Waals surface area contributed by atoms with E-state index in [2.05, 4.69) is 26.1 Å². The van der Waals surface area contributed by atoms with Crippen molar-refractivity contribution in [2.75, 3.05) is 45.9 Å². The second kappa shape index (κ2) is 26.1. The van der Waals surface area contributed by atoms with Crippen molar-refractivity contribution in [1.29, 1.82) is 5.26 Å². The number of Topliss-reactive ketones (excluding diaryl/α,β-unsaturated/α-hetero) is 2. The van der Waals surface area contributed by atoms with Crippen molar-refractivity contribution in [2.24, 2.45) is 17.8 Å². The van der Waals surface area contributed by atoms with Gasteiger partial charge in [0.2, 0.25) is 0 Å². The molecule has 7 nitrogen and oxygen atoms in total. The predicted molar refractivity (Wildman–Crippen MR) is 244 cm³/mol. The molecule has 0 amide bonds. The number of benzene rings is 4. The molecular weight excluding hydrogens is 947 g/mol. The van der Waals surface area contributed by atoms with Gasteiger partial charge in [-0.25, -0.2) is 0 Å². The minimum Gasteiger partial charge on any atom is -0.493 e. The Kier molecular flexibility index (Phi) is 22.1. The molecule has 0 radical (unpaired) electrons. The summed E-state index contributed by atoms with van der Waals surface area (Å²) in [6, 6.07) is 25.2. The van der Waals surface area contributed by atoms with Crippen LogP contribution in [0.3, 0.4) is 0 Å². The number of nitrogens with one attached hydrogen (secondary N) is 1. The maximum absolute atomic E-state index is 12.7. The maximum atomic E-state index is 12.7.